The average molecular weight is 661 g/mol. The van der Waals surface area contributed by atoms with Crippen LogP contribution >= 0.6 is 12.4 Å². The zero-order chi connectivity index (χ0) is 30.9. The number of benzene rings is 2. The molecule has 1 unspecified atom stereocenters. The topological polar surface area (TPSA) is 111 Å². The molecule has 9 nitrogen and oxygen atoms in total. The molecular formula is C34H49ClN4O5S. The molecule has 45 heavy (non-hydrogen) atoms. The van der Waals surface area contributed by atoms with E-state index in [2.05, 4.69) is 32.0 Å². The molecule has 2 aromatic rings. The van der Waals surface area contributed by atoms with Crippen molar-refractivity contribution in [3.8, 4) is 11.5 Å². The molecule has 0 radical (unpaired) electrons. The van der Waals surface area contributed by atoms with Crippen LogP contribution in [-0.2, 0) is 16.6 Å². The lowest BCUT2D eigenvalue weighted by Gasteiger charge is -2.57. The van der Waals surface area contributed by atoms with E-state index in [-0.39, 0.29) is 30.0 Å². The van der Waals surface area contributed by atoms with Crippen LogP contribution in [0.25, 0.3) is 0 Å². The maximum atomic E-state index is 13.8. The van der Waals surface area contributed by atoms with Crippen LogP contribution in [0.2, 0.25) is 0 Å². The van der Waals surface area contributed by atoms with E-state index >= 15 is 0 Å². The van der Waals surface area contributed by atoms with E-state index < -0.39 is 16.1 Å². The number of anilines is 1. The quantitative estimate of drug-likeness (QED) is 0.273. The number of likely N-dealkylation sites (tertiary alicyclic amines) is 1. The van der Waals surface area contributed by atoms with Crippen LogP contribution in [0, 0.1) is 17.8 Å². The van der Waals surface area contributed by atoms with Gasteiger partial charge in [0.2, 0.25) is 10.0 Å². The van der Waals surface area contributed by atoms with E-state index in [1.54, 1.807) is 24.3 Å². The number of aliphatic hydroxyl groups excluding tert-OH is 1. The largest absolute Gasteiger partial charge is 0.457 e. The van der Waals surface area contributed by atoms with Crippen molar-refractivity contribution in [3.05, 3.63) is 54.1 Å². The van der Waals surface area contributed by atoms with E-state index in [9.17, 15) is 18.3 Å². The number of amides is 2. The van der Waals surface area contributed by atoms with Crippen LogP contribution in [-0.4, -0.2) is 72.9 Å². The van der Waals surface area contributed by atoms with E-state index in [4.69, 9.17) is 4.74 Å². The Labute approximate surface area is 274 Å². The Morgan fingerprint density at radius 2 is 1.51 bits per heavy atom. The summed E-state index contributed by atoms with van der Waals surface area (Å²) in [5.74, 6) is 3.71. The molecule has 1 atom stereocenters. The molecule has 1 heterocycles. The van der Waals surface area contributed by atoms with Crippen molar-refractivity contribution >= 4 is 34.1 Å². The second-order valence-electron chi connectivity index (χ2n) is 14.1. The molecule has 3 N–H and O–H groups in total. The Morgan fingerprint density at radius 1 is 0.978 bits per heavy atom. The van der Waals surface area contributed by atoms with Crippen molar-refractivity contribution in [3.63, 3.8) is 0 Å². The molecule has 2 amide bonds. The highest BCUT2D eigenvalue weighted by Gasteiger charge is 2.52. The maximum absolute atomic E-state index is 13.8. The number of hydrogen-bond acceptors (Lipinski definition) is 6. The van der Waals surface area contributed by atoms with E-state index in [1.165, 1.54) is 24.8 Å². The molecule has 248 valence electrons. The first-order valence-electron chi connectivity index (χ1n) is 16.3. The summed E-state index contributed by atoms with van der Waals surface area (Å²) >= 11 is 0. The fourth-order valence-corrected chi connectivity index (χ4v) is 9.15. The molecule has 5 aliphatic rings. The van der Waals surface area contributed by atoms with Crippen LogP contribution in [0.15, 0.2) is 48.5 Å². The highest BCUT2D eigenvalue weighted by atomic mass is 35.5. The van der Waals surface area contributed by atoms with Crippen molar-refractivity contribution in [2.45, 2.75) is 88.9 Å². The Morgan fingerprint density at radius 3 is 2.02 bits per heavy atom. The summed E-state index contributed by atoms with van der Waals surface area (Å²) in [6.45, 7) is 5.09. The van der Waals surface area contributed by atoms with Gasteiger partial charge in [-0.2, -0.15) is 0 Å². The summed E-state index contributed by atoms with van der Waals surface area (Å²) in [6.07, 6.45) is 10.7. The molecule has 4 aliphatic carbocycles. The monoisotopic (exact) mass is 660 g/mol. The molecular weight excluding hydrogens is 612 g/mol. The smallest absolute Gasteiger partial charge is 0.318 e. The lowest BCUT2D eigenvalue weighted by Crippen LogP contribution is -2.63. The third-order valence-corrected chi connectivity index (χ3v) is 10.8. The number of hydrogen-bond donors (Lipinski definition) is 3. The number of sulfonamides is 1. The number of urea groups is 1. The standard InChI is InChI=1S/C34H48N4O5S.ClH/c1-24(39)11-16-38(33(40)35-34-20-26-17-27(21-34)19-28(18-26)22-34)30-12-14-37(15-13-30)23-25-3-7-31(8-4-25)43-32-9-5-29(6-10-32)36-44(2,41)42;/h3-10,24,26-28,30,36,39H,11-23H2,1-2H3,(H,35,40);1H. The second-order valence-corrected chi connectivity index (χ2v) is 15.9. The molecule has 5 fully saturated rings. The molecule has 7 rings (SSSR count). The molecule has 2 aromatic carbocycles. The van der Waals surface area contributed by atoms with Gasteiger partial charge in [0.15, 0.2) is 0 Å². The Kier molecular flexibility index (Phi) is 10.6. The number of aliphatic hydroxyl groups is 1. The van der Waals surface area contributed by atoms with Crippen LogP contribution in [0.3, 0.4) is 0 Å². The lowest BCUT2D eigenvalue weighted by atomic mass is 9.53. The van der Waals surface area contributed by atoms with Gasteiger partial charge in [0.05, 0.1) is 12.4 Å². The highest BCUT2D eigenvalue weighted by molar-refractivity contribution is 7.92. The average Bonchev–Trinajstić information content (AvgIpc) is 2.94. The molecule has 4 bridgehead atoms. The van der Waals surface area contributed by atoms with Crippen LogP contribution in [0.1, 0.15) is 70.3 Å². The molecule has 0 aromatic heterocycles. The maximum Gasteiger partial charge on any atom is 0.318 e. The first kappa shape index (κ1) is 33.8. The van der Waals surface area contributed by atoms with Crippen molar-refractivity contribution in [2.75, 3.05) is 30.6 Å². The second kappa shape index (κ2) is 14.1. The van der Waals surface area contributed by atoms with Gasteiger partial charge in [-0.1, -0.05) is 12.1 Å². The summed E-state index contributed by atoms with van der Waals surface area (Å²) in [6, 6.07) is 15.2. The number of nitrogens with one attached hydrogen (secondary N) is 2. The van der Waals surface area contributed by atoms with Crippen LogP contribution in [0.5, 0.6) is 11.5 Å². The van der Waals surface area contributed by atoms with Crippen molar-refractivity contribution in [1.82, 2.24) is 15.1 Å². The Bertz CT molecular complexity index is 1360. The fraction of sp³-hybridized carbons (Fsp3) is 0.618. The predicted octanol–water partition coefficient (Wildman–Crippen LogP) is 5.99. The molecule has 4 saturated carbocycles. The van der Waals surface area contributed by atoms with Gasteiger partial charge < -0.3 is 20.1 Å². The fourth-order valence-electron chi connectivity index (χ4n) is 8.59. The predicted molar refractivity (Wildman–Crippen MR) is 179 cm³/mol. The summed E-state index contributed by atoms with van der Waals surface area (Å²) < 4.78 is 31.2. The van der Waals surface area contributed by atoms with Crippen molar-refractivity contribution < 1.29 is 23.1 Å². The number of carbonyl (C=O) groups is 1. The number of carbonyl (C=O) groups excluding carboxylic acids is 1. The third kappa shape index (κ3) is 8.84. The van der Waals surface area contributed by atoms with Gasteiger partial charge in [0.1, 0.15) is 11.5 Å². The Hall–Kier alpha value is -2.53. The summed E-state index contributed by atoms with van der Waals surface area (Å²) in [7, 11) is -3.32. The van der Waals surface area contributed by atoms with Gasteiger partial charge in [-0.3, -0.25) is 9.62 Å². The third-order valence-electron chi connectivity index (χ3n) is 10.2. The summed E-state index contributed by atoms with van der Waals surface area (Å²) in [4.78, 5) is 18.3. The normalized spacial score (nSPS) is 27.0. The van der Waals surface area contributed by atoms with Gasteiger partial charge in [-0.05, 0) is 124 Å². The number of halogens is 1. The van der Waals surface area contributed by atoms with Crippen LogP contribution < -0.4 is 14.8 Å². The van der Waals surface area contributed by atoms with Gasteiger partial charge in [-0.25, -0.2) is 13.2 Å². The van der Waals surface area contributed by atoms with E-state index in [0.29, 0.717) is 24.4 Å². The lowest BCUT2D eigenvalue weighted by molar-refractivity contribution is -0.0173. The van der Waals surface area contributed by atoms with E-state index in [0.717, 1.165) is 81.5 Å². The molecule has 0 spiro atoms. The minimum absolute atomic E-state index is 0. The van der Waals surface area contributed by atoms with Gasteiger partial charge in [-0.15, -0.1) is 12.4 Å². The highest BCUT2D eigenvalue weighted by Crippen LogP contribution is 2.55. The number of nitrogens with zero attached hydrogens (tertiary/aromatic N) is 2. The van der Waals surface area contributed by atoms with Gasteiger partial charge >= 0.3 is 6.03 Å². The minimum Gasteiger partial charge on any atom is -0.457 e. The number of ether oxygens (including phenoxy) is 1. The molecule has 1 saturated heterocycles. The van der Waals surface area contributed by atoms with Gasteiger partial charge in [0.25, 0.3) is 0 Å². The number of piperidine rings is 1. The number of rotatable bonds is 11. The van der Waals surface area contributed by atoms with Crippen molar-refractivity contribution in [2.24, 2.45) is 17.8 Å². The summed E-state index contributed by atoms with van der Waals surface area (Å²) in [5, 5.41) is 13.6. The van der Waals surface area contributed by atoms with Crippen molar-refractivity contribution in [1.29, 1.82) is 0 Å². The van der Waals surface area contributed by atoms with E-state index in [1.807, 2.05) is 19.1 Å². The van der Waals surface area contributed by atoms with Crippen LogP contribution in [0.4, 0.5) is 10.5 Å². The first-order valence-corrected chi connectivity index (χ1v) is 18.2. The first-order chi connectivity index (χ1) is 21.0. The zero-order valence-electron chi connectivity index (χ0n) is 26.5. The zero-order valence-corrected chi connectivity index (χ0v) is 28.1. The molecule has 1 aliphatic heterocycles. The minimum atomic E-state index is -3.32. The summed E-state index contributed by atoms with van der Waals surface area (Å²) in [5.41, 5.74) is 1.69. The SMILES string of the molecule is CC(O)CCN(C(=O)NC12CC3CC(CC(C3)C1)C2)C1CCN(Cc2ccc(Oc3ccc(NS(C)(=O)=O)cc3)cc2)CC1.Cl. The Balaban J connectivity index is 0.00000400. The van der Waals surface area contributed by atoms with Gasteiger partial charge in [0, 0.05) is 43.4 Å². The molecule has 11 heteroatoms.